The quantitative estimate of drug-likeness (QED) is 0.321. The van der Waals surface area contributed by atoms with Crippen LogP contribution in [0.4, 0.5) is 0 Å². The summed E-state index contributed by atoms with van der Waals surface area (Å²) < 4.78 is 0. The predicted molar refractivity (Wildman–Crippen MR) is 135 cm³/mol. The highest BCUT2D eigenvalue weighted by Gasteiger charge is 2.40. The van der Waals surface area contributed by atoms with Gasteiger partial charge in [0.05, 0.1) is 0 Å². The van der Waals surface area contributed by atoms with Crippen LogP contribution < -0.4 is 10.6 Å². The van der Waals surface area contributed by atoms with Gasteiger partial charge in [0, 0.05) is 45.7 Å². The molecule has 30 heavy (non-hydrogen) atoms. The molecule has 3 aliphatic heterocycles. The van der Waals surface area contributed by atoms with Crippen LogP contribution in [0.3, 0.4) is 0 Å². The van der Waals surface area contributed by atoms with Crippen molar-refractivity contribution in [2.45, 2.75) is 56.9 Å². The Balaban J connectivity index is 0.00000320. The van der Waals surface area contributed by atoms with Gasteiger partial charge in [-0.3, -0.25) is 14.7 Å². The number of carbonyl (C=O) groups is 1. The lowest BCUT2D eigenvalue weighted by Gasteiger charge is -2.50. The van der Waals surface area contributed by atoms with Gasteiger partial charge in [-0.1, -0.05) is 6.42 Å². The van der Waals surface area contributed by atoms with Gasteiger partial charge in [0.2, 0.25) is 5.91 Å². The zero-order valence-electron chi connectivity index (χ0n) is 19.3. The largest absolute Gasteiger partial charge is 0.359 e. The minimum absolute atomic E-state index is 0. The Hall–Kier alpha value is -0.610. The van der Waals surface area contributed by atoms with Crippen LogP contribution in [0.1, 0.15) is 51.4 Å². The number of carbonyl (C=O) groups excluding carboxylic acids is 1. The Morgan fingerprint density at radius 1 is 1.03 bits per heavy atom. The molecule has 8 heteroatoms. The summed E-state index contributed by atoms with van der Waals surface area (Å²) in [6, 6.07) is 0. The van der Waals surface area contributed by atoms with Crippen molar-refractivity contribution in [1.82, 2.24) is 25.3 Å². The first-order valence-electron chi connectivity index (χ1n) is 11.7. The number of guanidine groups is 1. The normalized spacial score (nSPS) is 24.2. The first-order valence-corrected chi connectivity index (χ1v) is 11.7. The molecule has 0 bridgehead atoms. The summed E-state index contributed by atoms with van der Waals surface area (Å²) in [7, 11) is 5.88. The highest BCUT2D eigenvalue weighted by Crippen LogP contribution is 2.31. The molecule has 174 valence electrons. The van der Waals surface area contributed by atoms with Crippen molar-refractivity contribution in [3.8, 4) is 0 Å². The maximum absolute atomic E-state index is 11.7. The van der Waals surface area contributed by atoms with Crippen molar-refractivity contribution in [1.29, 1.82) is 0 Å². The third-order valence-electron chi connectivity index (χ3n) is 7.40. The molecule has 3 saturated heterocycles. The number of hydrogen-bond donors (Lipinski definition) is 2. The van der Waals surface area contributed by atoms with Gasteiger partial charge in [0.1, 0.15) is 0 Å². The number of piperidine rings is 3. The molecule has 1 amide bonds. The number of hydrogen-bond acceptors (Lipinski definition) is 4. The first kappa shape index (κ1) is 25.6. The third-order valence-corrected chi connectivity index (χ3v) is 7.40. The number of nitrogens with one attached hydrogen (secondary N) is 2. The van der Waals surface area contributed by atoms with Gasteiger partial charge in [0.25, 0.3) is 0 Å². The molecule has 7 nitrogen and oxygen atoms in total. The number of amides is 1. The number of likely N-dealkylation sites (tertiary alicyclic amines) is 3. The Morgan fingerprint density at radius 2 is 1.67 bits per heavy atom. The number of aliphatic imine (C=N–C) groups is 1. The molecule has 0 aromatic heterocycles. The monoisotopic (exact) mass is 534 g/mol. The van der Waals surface area contributed by atoms with Crippen molar-refractivity contribution in [3.05, 3.63) is 0 Å². The smallest absolute Gasteiger partial charge is 0.220 e. The van der Waals surface area contributed by atoms with Gasteiger partial charge in [-0.25, -0.2) is 0 Å². The lowest BCUT2D eigenvalue weighted by Crippen LogP contribution is -2.62. The SMILES string of the molecule is CN=C(NCC1(N2CCCCC2)CCN(C)CC1)N1CCC(CC(=O)NC)CC1.I. The lowest BCUT2D eigenvalue weighted by atomic mass is 9.84. The molecule has 2 N–H and O–H groups in total. The molecule has 0 aromatic rings. The van der Waals surface area contributed by atoms with E-state index in [0.717, 1.165) is 38.4 Å². The Kier molecular flexibility index (Phi) is 10.6. The van der Waals surface area contributed by atoms with Crippen molar-refractivity contribution in [2.24, 2.45) is 10.9 Å². The van der Waals surface area contributed by atoms with E-state index in [1.807, 2.05) is 7.05 Å². The average molecular weight is 535 g/mol. The van der Waals surface area contributed by atoms with Crippen LogP contribution in [0.15, 0.2) is 4.99 Å². The summed E-state index contributed by atoms with van der Waals surface area (Å²) in [5.41, 5.74) is 0.264. The zero-order valence-corrected chi connectivity index (χ0v) is 21.6. The number of halogens is 1. The molecule has 3 heterocycles. The van der Waals surface area contributed by atoms with Crippen LogP contribution in [-0.4, -0.2) is 99.1 Å². The van der Waals surface area contributed by atoms with E-state index in [1.54, 1.807) is 7.05 Å². The fraction of sp³-hybridized carbons (Fsp3) is 0.909. The second kappa shape index (κ2) is 12.4. The summed E-state index contributed by atoms with van der Waals surface area (Å²) in [4.78, 5) is 23.9. The number of rotatable bonds is 5. The zero-order chi connectivity index (χ0) is 20.7. The fourth-order valence-corrected chi connectivity index (χ4v) is 5.30. The fourth-order valence-electron chi connectivity index (χ4n) is 5.30. The standard InChI is InChI=1S/C22H42N6O.HI/c1-23-20(29)17-19-7-13-27(14-8-19)21(24-2)25-18-22(9-15-26(3)16-10-22)28-11-5-4-6-12-28;/h19H,4-18H2,1-3H3,(H,23,29)(H,24,25);1H. The van der Waals surface area contributed by atoms with Crippen molar-refractivity contribution in [3.63, 3.8) is 0 Å². The van der Waals surface area contributed by atoms with E-state index in [1.165, 1.54) is 58.3 Å². The van der Waals surface area contributed by atoms with E-state index in [2.05, 4.69) is 37.4 Å². The van der Waals surface area contributed by atoms with E-state index in [0.29, 0.717) is 12.3 Å². The van der Waals surface area contributed by atoms with Crippen LogP contribution in [0.25, 0.3) is 0 Å². The Morgan fingerprint density at radius 3 is 2.23 bits per heavy atom. The molecule has 0 unspecified atom stereocenters. The molecule has 0 radical (unpaired) electrons. The van der Waals surface area contributed by atoms with E-state index in [-0.39, 0.29) is 35.4 Å². The van der Waals surface area contributed by atoms with Crippen molar-refractivity contribution in [2.75, 3.05) is 67.0 Å². The predicted octanol–water partition coefficient (Wildman–Crippen LogP) is 1.98. The summed E-state index contributed by atoms with van der Waals surface area (Å²) in [5, 5.41) is 6.52. The minimum atomic E-state index is 0. The molecular weight excluding hydrogens is 491 g/mol. The van der Waals surface area contributed by atoms with Gasteiger partial charge in [-0.2, -0.15) is 0 Å². The molecule has 0 atom stereocenters. The van der Waals surface area contributed by atoms with E-state index >= 15 is 0 Å². The Bertz CT molecular complexity index is 550. The van der Waals surface area contributed by atoms with E-state index < -0.39 is 0 Å². The second-order valence-corrected chi connectivity index (χ2v) is 9.28. The third kappa shape index (κ3) is 6.69. The van der Waals surface area contributed by atoms with E-state index in [9.17, 15) is 4.79 Å². The summed E-state index contributed by atoms with van der Waals surface area (Å²) in [6.07, 6.45) is 9.32. The summed E-state index contributed by atoms with van der Waals surface area (Å²) in [6.45, 7) is 7.82. The first-order chi connectivity index (χ1) is 14.1. The van der Waals surface area contributed by atoms with Crippen molar-refractivity contribution >= 4 is 35.8 Å². The maximum atomic E-state index is 11.7. The summed E-state index contributed by atoms with van der Waals surface area (Å²) in [5.74, 6) is 1.70. The second-order valence-electron chi connectivity index (χ2n) is 9.28. The highest BCUT2D eigenvalue weighted by molar-refractivity contribution is 14.0. The molecule has 0 saturated carbocycles. The molecule has 0 aliphatic carbocycles. The van der Waals surface area contributed by atoms with Gasteiger partial charge >= 0.3 is 0 Å². The van der Waals surface area contributed by atoms with Crippen LogP contribution in [0, 0.1) is 5.92 Å². The highest BCUT2D eigenvalue weighted by atomic mass is 127. The molecular formula is C22H43IN6O. The van der Waals surface area contributed by atoms with Crippen molar-refractivity contribution < 1.29 is 4.79 Å². The molecule has 0 aromatic carbocycles. The average Bonchev–Trinajstić information content (AvgIpc) is 2.77. The van der Waals surface area contributed by atoms with E-state index in [4.69, 9.17) is 0 Å². The minimum Gasteiger partial charge on any atom is -0.359 e. The maximum Gasteiger partial charge on any atom is 0.220 e. The summed E-state index contributed by atoms with van der Waals surface area (Å²) >= 11 is 0. The Labute approximate surface area is 200 Å². The lowest BCUT2D eigenvalue weighted by molar-refractivity contribution is -0.121. The molecule has 3 fully saturated rings. The topological polar surface area (TPSA) is 63.2 Å². The molecule has 3 aliphatic rings. The molecule has 0 spiro atoms. The van der Waals surface area contributed by atoms with Gasteiger partial charge in [-0.15, -0.1) is 24.0 Å². The number of nitrogens with zero attached hydrogens (tertiary/aromatic N) is 4. The van der Waals surface area contributed by atoms with Crippen LogP contribution in [0.2, 0.25) is 0 Å². The molecule has 3 rings (SSSR count). The van der Waals surface area contributed by atoms with Crippen LogP contribution >= 0.6 is 24.0 Å². The van der Waals surface area contributed by atoms with Crippen LogP contribution in [0.5, 0.6) is 0 Å². The van der Waals surface area contributed by atoms with Gasteiger partial charge < -0.3 is 20.4 Å². The van der Waals surface area contributed by atoms with Gasteiger partial charge in [0.15, 0.2) is 5.96 Å². The van der Waals surface area contributed by atoms with Gasteiger partial charge in [-0.05, 0) is 77.7 Å². The van der Waals surface area contributed by atoms with Crippen LogP contribution in [-0.2, 0) is 4.79 Å².